The van der Waals surface area contributed by atoms with Crippen molar-refractivity contribution in [2.24, 2.45) is 0 Å². The van der Waals surface area contributed by atoms with E-state index in [1.165, 1.54) is 0 Å². The summed E-state index contributed by atoms with van der Waals surface area (Å²) in [6, 6.07) is 25.5. The number of carbonyl (C=O) groups excluding carboxylic acids is 1. The molecule has 1 amide bonds. The van der Waals surface area contributed by atoms with Gasteiger partial charge in [0.25, 0.3) is 5.91 Å². The summed E-state index contributed by atoms with van der Waals surface area (Å²) in [4.78, 5) is 17.4. The lowest BCUT2D eigenvalue weighted by Gasteiger charge is -2.13. The molecule has 0 aliphatic heterocycles. The Hall–Kier alpha value is -3.71. The zero-order valence-corrected chi connectivity index (χ0v) is 22.4. The maximum atomic E-state index is 12.3. The van der Waals surface area contributed by atoms with Crippen LogP contribution < -0.4 is 14.8 Å². The number of aromatic nitrogens is 2. The smallest absolute Gasteiger partial charge is 0.251 e. The van der Waals surface area contributed by atoms with Crippen molar-refractivity contribution in [1.82, 2.24) is 14.9 Å². The molecule has 1 N–H and O–H groups in total. The summed E-state index contributed by atoms with van der Waals surface area (Å²) in [5, 5.41) is 3.99. The SMILES string of the molecule is CCCn1c(SCCCNC(=O)c2ccccc2)nc(-c2ccc(OC)cc2)c1-c1ccc(OC)cc1. The molecule has 192 valence electrons. The molecule has 0 saturated heterocycles. The van der Waals surface area contributed by atoms with Gasteiger partial charge < -0.3 is 19.4 Å². The number of benzene rings is 3. The van der Waals surface area contributed by atoms with Gasteiger partial charge in [-0.25, -0.2) is 4.98 Å². The molecule has 4 rings (SSSR count). The van der Waals surface area contributed by atoms with Gasteiger partial charge in [-0.15, -0.1) is 0 Å². The van der Waals surface area contributed by atoms with E-state index in [2.05, 4.69) is 41.1 Å². The third-order valence-corrected chi connectivity index (χ3v) is 7.04. The summed E-state index contributed by atoms with van der Waals surface area (Å²) in [5.74, 6) is 2.44. The largest absolute Gasteiger partial charge is 0.497 e. The first kappa shape index (κ1) is 26.4. The van der Waals surface area contributed by atoms with Crippen LogP contribution in [-0.4, -0.2) is 42.0 Å². The van der Waals surface area contributed by atoms with Crippen molar-refractivity contribution in [1.29, 1.82) is 0 Å². The minimum atomic E-state index is -0.0401. The molecule has 0 fully saturated rings. The molecule has 0 aliphatic carbocycles. The normalized spacial score (nSPS) is 10.8. The molecule has 0 radical (unpaired) electrons. The highest BCUT2D eigenvalue weighted by atomic mass is 32.2. The number of imidazole rings is 1. The van der Waals surface area contributed by atoms with Crippen LogP contribution in [0.1, 0.15) is 30.1 Å². The van der Waals surface area contributed by atoms with Gasteiger partial charge in [0.1, 0.15) is 11.5 Å². The number of rotatable bonds is 12. The summed E-state index contributed by atoms with van der Waals surface area (Å²) >= 11 is 1.73. The monoisotopic (exact) mass is 515 g/mol. The number of hydrogen-bond donors (Lipinski definition) is 1. The van der Waals surface area contributed by atoms with Gasteiger partial charge >= 0.3 is 0 Å². The number of thioether (sulfide) groups is 1. The lowest BCUT2D eigenvalue weighted by molar-refractivity contribution is 0.0954. The van der Waals surface area contributed by atoms with Crippen LogP contribution in [0, 0.1) is 0 Å². The Kier molecular flexibility index (Phi) is 9.27. The highest BCUT2D eigenvalue weighted by Crippen LogP contribution is 2.37. The van der Waals surface area contributed by atoms with Gasteiger partial charge in [-0.3, -0.25) is 4.79 Å². The lowest BCUT2D eigenvalue weighted by atomic mass is 10.0. The minimum absolute atomic E-state index is 0.0401. The van der Waals surface area contributed by atoms with Crippen LogP contribution in [0.15, 0.2) is 84.0 Å². The Labute approximate surface area is 223 Å². The van der Waals surface area contributed by atoms with E-state index >= 15 is 0 Å². The van der Waals surface area contributed by atoms with Gasteiger partial charge in [0.05, 0.1) is 25.6 Å². The number of ether oxygens (including phenoxy) is 2. The van der Waals surface area contributed by atoms with E-state index in [-0.39, 0.29) is 5.91 Å². The van der Waals surface area contributed by atoms with Crippen LogP contribution in [0.2, 0.25) is 0 Å². The molecule has 0 spiro atoms. The second kappa shape index (κ2) is 13.0. The minimum Gasteiger partial charge on any atom is -0.497 e. The fraction of sp³-hybridized carbons (Fsp3) is 0.267. The third-order valence-electron chi connectivity index (χ3n) is 5.98. The van der Waals surface area contributed by atoms with Crippen molar-refractivity contribution < 1.29 is 14.3 Å². The Morgan fingerprint density at radius 2 is 1.51 bits per heavy atom. The Morgan fingerprint density at radius 3 is 2.11 bits per heavy atom. The van der Waals surface area contributed by atoms with E-state index in [0.717, 1.165) is 64.3 Å². The van der Waals surface area contributed by atoms with Crippen LogP contribution in [0.4, 0.5) is 0 Å². The van der Waals surface area contributed by atoms with Gasteiger partial charge in [0.15, 0.2) is 5.16 Å². The molecule has 4 aromatic rings. The van der Waals surface area contributed by atoms with Gasteiger partial charge in [-0.1, -0.05) is 36.9 Å². The first-order chi connectivity index (χ1) is 18.1. The number of nitrogens with one attached hydrogen (secondary N) is 1. The van der Waals surface area contributed by atoms with E-state index < -0.39 is 0 Å². The highest BCUT2D eigenvalue weighted by Gasteiger charge is 2.20. The molecule has 0 bridgehead atoms. The first-order valence-electron chi connectivity index (χ1n) is 12.5. The van der Waals surface area contributed by atoms with Crippen molar-refractivity contribution in [3.05, 3.63) is 84.4 Å². The first-order valence-corrected chi connectivity index (χ1v) is 13.5. The predicted octanol–water partition coefficient (Wildman–Crippen LogP) is 6.56. The maximum absolute atomic E-state index is 12.3. The van der Waals surface area contributed by atoms with Crippen molar-refractivity contribution in [2.75, 3.05) is 26.5 Å². The van der Waals surface area contributed by atoms with Gasteiger partial charge in [-0.05, 0) is 73.5 Å². The summed E-state index contributed by atoms with van der Waals surface area (Å²) in [6.45, 7) is 3.65. The van der Waals surface area contributed by atoms with Crippen LogP contribution in [0.5, 0.6) is 11.5 Å². The van der Waals surface area contributed by atoms with Crippen LogP contribution in [0.25, 0.3) is 22.5 Å². The fourth-order valence-electron chi connectivity index (χ4n) is 4.09. The molecule has 6 nitrogen and oxygen atoms in total. The average molecular weight is 516 g/mol. The molecule has 0 saturated carbocycles. The molecular formula is C30H33N3O3S. The number of nitrogens with zero attached hydrogens (tertiary/aromatic N) is 2. The van der Waals surface area contributed by atoms with E-state index in [4.69, 9.17) is 14.5 Å². The van der Waals surface area contributed by atoms with Gasteiger partial charge in [0, 0.05) is 35.5 Å². The topological polar surface area (TPSA) is 65.4 Å². The predicted molar refractivity (Wildman–Crippen MR) is 151 cm³/mol. The standard InChI is InChI=1S/C30H33N3O3S/c1-4-20-33-28(23-13-17-26(36-3)18-14-23)27(22-11-15-25(35-2)16-12-22)32-30(33)37-21-8-19-31-29(34)24-9-6-5-7-10-24/h5-7,9-18H,4,8,19-21H2,1-3H3,(H,31,34). The fourth-order valence-corrected chi connectivity index (χ4v) is 5.06. The molecular weight excluding hydrogens is 482 g/mol. The molecule has 7 heteroatoms. The van der Waals surface area contributed by atoms with Crippen molar-refractivity contribution in [3.8, 4) is 34.0 Å². The molecule has 1 heterocycles. The zero-order chi connectivity index (χ0) is 26.0. The Balaban J connectivity index is 1.56. The molecule has 37 heavy (non-hydrogen) atoms. The molecule has 0 atom stereocenters. The van der Waals surface area contributed by atoms with E-state index in [0.29, 0.717) is 12.1 Å². The van der Waals surface area contributed by atoms with Gasteiger partial charge in [0.2, 0.25) is 0 Å². The quantitative estimate of drug-likeness (QED) is 0.171. The molecule has 0 aliphatic rings. The van der Waals surface area contributed by atoms with Crippen LogP contribution in [0.3, 0.4) is 0 Å². The van der Waals surface area contributed by atoms with Crippen molar-refractivity contribution >= 4 is 17.7 Å². The van der Waals surface area contributed by atoms with Crippen LogP contribution >= 0.6 is 11.8 Å². The molecule has 1 aromatic heterocycles. The van der Waals surface area contributed by atoms with Crippen molar-refractivity contribution in [3.63, 3.8) is 0 Å². The third kappa shape index (κ3) is 6.54. The molecule has 0 unspecified atom stereocenters. The summed E-state index contributed by atoms with van der Waals surface area (Å²) in [6.07, 6.45) is 1.83. The summed E-state index contributed by atoms with van der Waals surface area (Å²) in [7, 11) is 3.35. The van der Waals surface area contributed by atoms with E-state index in [1.54, 1.807) is 26.0 Å². The molecule has 3 aromatic carbocycles. The average Bonchev–Trinajstić information content (AvgIpc) is 3.31. The number of methoxy groups -OCH3 is 2. The maximum Gasteiger partial charge on any atom is 0.251 e. The summed E-state index contributed by atoms with van der Waals surface area (Å²) < 4.78 is 13.1. The van der Waals surface area contributed by atoms with Gasteiger partial charge in [-0.2, -0.15) is 0 Å². The Morgan fingerprint density at radius 1 is 0.892 bits per heavy atom. The number of carbonyl (C=O) groups is 1. The van der Waals surface area contributed by atoms with E-state index in [9.17, 15) is 4.79 Å². The Bertz CT molecular complexity index is 1290. The highest BCUT2D eigenvalue weighted by molar-refractivity contribution is 7.99. The second-order valence-electron chi connectivity index (χ2n) is 8.52. The number of amides is 1. The summed E-state index contributed by atoms with van der Waals surface area (Å²) in [5.41, 5.74) is 4.85. The van der Waals surface area contributed by atoms with Crippen LogP contribution in [-0.2, 0) is 6.54 Å². The van der Waals surface area contributed by atoms with E-state index in [1.807, 2.05) is 54.6 Å². The second-order valence-corrected chi connectivity index (χ2v) is 9.59. The van der Waals surface area contributed by atoms with Crippen molar-refractivity contribution in [2.45, 2.75) is 31.5 Å². The zero-order valence-electron chi connectivity index (χ0n) is 21.6. The number of hydrogen-bond acceptors (Lipinski definition) is 5. The lowest BCUT2D eigenvalue weighted by Crippen LogP contribution is -2.24.